The van der Waals surface area contributed by atoms with Gasteiger partial charge in [-0.1, -0.05) is 134 Å². The van der Waals surface area contributed by atoms with E-state index in [9.17, 15) is 24.5 Å². The molecule has 9 nitrogen and oxygen atoms in total. The first-order valence-electron chi connectivity index (χ1n) is 19.2. The summed E-state index contributed by atoms with van der Waals surface area (Å²) in [5, 5.41) is 23.8. The van der Waals surface area contributed by atoms with Gasteiger partial charge in [0.2, 0.25) is 5.91 Å². The van der Waals surface area contributed by atoms with E-state index < -0.39 is 38.6 Å². The molecular formula is C38H73N2O7P. The number of hydrogen-bond donors (Lipinski definition) is 5. The molecule has 0 aliphatic rings. The maximum absolute atomic E-state index is 12.7. The van der Waals surface area contributed by atoms with Crippen molar-refractivity contribution in [1.29, 1.82) is 0 Å². The minimum atomic E-state index is -4.40. The van der Waals surface area contributed by atoms with Gasteiger partial charge in [0.05, 0.1) is 37.9 Å². The van der Waals surface area contributed by atoms with E-state index in [1.807, 2.05) is 6.08 Å². The van der Waals surface area contributed by atoms with Crippen molar-refractivity contribution in [1.82, 2.24) is 5.32 Å². The van der Waals surface area contributed by atoms with Gasteiger partial charge in [-0.25, -0.2) is 4.57 Å². The van der Waals surface area contributed by atoms with Gasteiger partial charge in [0.25, 0.3) is 0 Å². The molecule has 0 spiro atoms. The second-order valence-corrected chi connectivity index (χ2v) is 14.4. The molecule has 0 aromatic carbocycles. The number of aliphatic hydroxyl groups excluding tert-OH is 2. The zero-order valence-electron chi connectivity index (χ0n) is 30.6. The zero-order valence-corrected chi connectivity index (χ0v) is 31.5. The number of carbonyl (C=O) groups is 1. The fourth-order valence-corrected chi connectivity index (χ4v) is 6.06. The number of amides is 1. The Hall–Kier alpha value is -1.32. The molecule has 282 valence electrons. The third-order valence-electron chi connectivity index (χ3n) is 8.24. The van der Waals surface area contributed by atoms with Crippen molar-refractivity contribution in [3.8, 4) is 0 Å². The van der Waals surface area contributed by atoms with Crippen molar-refractivity contribution in [3.63, 3.8) is 0 Å². The molecule has 0 saturated heterocycles. The van der Waals surface area contributed by atoms with Crippen LogP contribution >= 0.6 is 7.82 Å². The van der Waals surface area contributed by atoms with Crippen LogP contribution in [0.4, 0.5) is 0 Å². The Labute approximate surface area is 293 Å². The van der Waals surface area contributed by atoms with Gasteiger partial charge in [0, 0.05) is 6.54 Å². The summed E-state index contributed by atoms with van der Waals surface area (Å²) in [5.41, 5.74) is 5.33. The maximum Gasteiger partial charge on any atom is 0.472 e. The smallest absolute Gasteiger partial charge is 0.393 e. The molecule has 0 fully saturated rings. The topological polar surface area (TPSA) is 151 Å². The average Bonchev–Trinajstić information content (AvgIpc) is 3.06. The molecule has 0 bridgehead atoms. The monoisotopic (exact) mass is 701 g/mol. The van der Waals surface area contributed by atoms with Gasteiger partial charge in [-0.15, -0.1) is 0 Å². The Morgan fingerprint density at radius 2 is 1.19 bits per heavy atom. The van der Waals surface area contributed by atoms with Crippen LogP contribution in [0.2, 0.25) is 0 Å². The first kappa shape index (κ1) is 46.7. The molecule has 0 aromatic heterocycles. The highest BCUT2D eigenvalue weighted by Gasteiger charge is 2.27. The molecular weight excluding hydrogens is 627 g/mol. The summed E-state index contributed by atoms with van der Waals surface area (Å²) in [6.07, 6.45) is 35.3. The molecule has 0 saturated carbocycles. The lowest BCUT2D eigenvalue weighted by Crippen LogP contribution is -2.46. The van der Waals surface area contributed by atoms with Gasteiger partial charge in [-0.05, 0) is 57.8 Å². The van der Waals surface area contributed by atoms with E-state index in [0.717, 1.165) is 44.9 Å². The largest absolute Gasteiger partial charge is 0.472 e. The molecule has 0 rings (SSSR count). The summed E-state index contributed by atoms with van der Waals surface area (Å²) < 4.78 is 21.9. The van der Waals surface area contributed by atoms with Crippen LogP contribution < -0.4 is 11.1 Å². The molecule has 1 amide bonds. The molecule has 0 radical (unpaired) electrons. The second-order valence-electron chi connectivity index (χ2n) is 13.0. The Bertz CT molecular complexity index is 868. The van der Waals surface area contributed by atoms with E-state index in [2.05, 4.69) is 43.5 Å². The fraction of sp³-hybridized carbons (Fsp3) is 0.816. The van der Waals surface area contributed by atoms with Crippen LogP contribution in [-0.2, 0) is 18.4 Å². The summed E-state index contributed by atoms with van der Waals surface area (Å²) in [5.74, 6) is -0.468. The normalized spacial score (nSPS) is 15.4. The lowest BCUT2D eigenvalue weighted by atomic mass is 10.0. The molecule has 0 aromatic rings. The van der Waals surface area contributed by atoms with Crippen LogP contribution in [0.3, 0.4) is 0 Å². The van der Waals surface area contributed by atoms with Gasteiger partial charge in [-0.3, -0.25) is 13.8 Å². The summed E-state index contributed by atoms with van der Waals surface area (Å²) in [7, 11) is -4.40. The number of hydrogen-bond acceptors (Lipinski definition) is 7. The van der Waals surface area contributed by atoms with Crippen molar-refractivity contribution in [2.24, 2.45) is 5.73 Å². The summed E-state index contributed by atoms with van der Waals surface area (Å²) >= 11 is 0. The highest BCUT2D eigenvalue weighted by atomic mass is 31.2. The number of phosphoric acid groups is 1. The first-order chi connectivity index (χ1) is 23.3. The van der Waals surface area contributed by atoms with Gasteiger partial charge in [-0.2, -0.15) is 0 Å². The number of aliphatic hydroxyl groups is 2. The van der Waals surface area contributed by atoms with E-state index in [4.69, 9.17) is 14.8 Å². The molecule has 6 N–H and O–H groups in total. The number of nitrogens with two attached hydrogens (primary N) is 1. The molecule has 0 heterocycles. The van der Waals surface area contributed by atoms with E-state index in [1.54, 1.807) is 6.08 Å². The minimum absolute atomic E-state index is 0.0423. The van der Waals surface area contributed by atoms with Gasteiger partial charge >= 0.3 is 7.82 Å². The number of allylic oxidation sites excluding steroid dienone is 5. The Morgan fingerprint density at radius 1 is 0.708 bits per heavy atom. The minimum Gasteiger partial charge on any atom is -0.393 e. The fourth-order valence-electron chi connectivity index (χ4n) is 5.30. The average molecular weight is 701 g/mol. The number of carbonyl (C=O) groups excluding carboxylic acids is 1. The van der Waals surface area contributed by atoms with Crippen molar-refractivity contribution < 1.29 is 33.5 Å². The number of unbranched alkanes of at least 4 members (excludes halogenated alkanes) is 17. The number of rotatable bonds is 35. The maximum atomic E-state index is 12.7. The lowest BCUT2D eigenvalue weighted by molar-refractivity contribution is -0.124. The molecule has 10 heteroatoms. The Morgan fingerprint density at radius 3 is 1.75 bits per heavy atom. The van der Waals surface area contributed by atoms with Crippen LogP contribution in [0.5, 0.6) is 0 Å². The number of phosphoric ester groups is 1. The van der Waals surface area contributed by atoms with Crippen LogP contribution in [0.15, 0.2) is 36.5 Å². The third-order valence-corrected chi connectivity index (χ3v) is 9.23. The Kier molecular flexibility index (Phi) is 33.2. The van der Waals surface area contributed by atoms with Crippen LogP contribution in [-0.4, -0.2) is 59.0 Å². The lowest BCUT2D eigenvalue weighted by Gasteiger charge is -2.24. The molecule has 4 atom stereocenters. The van der Waals surface area contributed by atoms with Crippen molar-refractivity contribution in [2.75, 3.05) is 19.8 Å². The molecule has 0 aliphatic carbocycles. The second kappa shape index (κ2) is 34.1. The Balaban J connectivity index is 4.41. The van der Waals surface area contributed by atoms with Crippen LogP contribution in [0, 0.1) is 0 Å². The van der Waals surface area contributed by atoms with Gasteiger partial charge < -0.3 is 26.2 Å². The standard InChI is InChI=1S/C38H73N2O7P/c1-3-5-7-9-11-13-15-16-17-18-19-20-21-23-25-27-29-35(41)33-38(43)40-36(34-47-48(44,45)46-32-31-39)37(42)30-28-26-24-22-14-12-10-8-6-4-2/h14,19-20,22,28,30,35-37,41-42H,3-13,15-18,21,23-27,29,31-34,39H2,1-2H3,(H,40,43)(H,44,45)/b20-19-,22-14+,30-28+. The van der Waals surface area contributed by atoms with Crippen LogP contribution in [0.1, 0.15) is 162 Å². The molecule has 4 unspecified atom stereocenters. The number of nitrogens with one attached hydrogen (secondary N) is 1. The SMILES string of the molecule is CCCCCC/C=C/CC/C=C/C(O)C(COP(=O)(O)OCCN)NC(=O)CC(O)CCCCC/C=C\CCCCCCCCCCC. The van der Waals surface area contributed by atoms with Gasteiger partial charge in [0.1, 0.15) is 0 Å². The summed E-state index contributed by atoms with van der Waals surface area (Å²) in [4.78, 5) is 22.6. The van der Waals surface area contributed by atoms with Gasteiger partial charge in [0.15, 0.2) is 0 Å². The van der Waals surface area contributed by atoms with E-state index in [1.165, 1.54) is 83.5 Å². The molecule has 48 heavy (non-hydrogen) atoms. The van der Waals surface area contributed by atoms with Crippen molar-refractivity contribution in [3.05, 3.63) is 36.5 Å². The summed E-state index contributed by atoms with van der Waals surface area (Å²) in [6, 6.07) is -1.00. The molecule has 0 aliphatic heterocycles. The van der Waals surface area contributed by atoms with Crippen LogP contribution in [0.25, 0.3) is 0 Å². The van der Waals surface area contributed by atoms with Crippen molar-refractivity contribution in [2.45, 2.75) is 180 Å². The zero-order chi connectivity index (χ0) is 35.6. The highest BCUT2D eigenvalue weighted by molar-refractivity contribution is 7.47. The van der Waals surface area contributed by atoms with E-state index in [-0.39, 0.29) is 19.6 Å². The highest BCUT2D eigenvalue weighted by Crippen LogP contribution is 2.43. The van der Waals surface area contributed by atoms with Crippen molar-refractivity contribution >= 4 is 13.7 Å². The van der Waals surface area contributed by atoms with E-state index in [0.29, 0.717) is 12.8 Å². The summed E-state index contributed by atoms with van der Waals surface area (Å²) in [6.45, 7) is 3.88. The predicted octanol–water partition coefficient (Wildman–Crippen LogP) is 8.97. The quantitative estimate of drug-likeness (QED) is 0.0250. The predicted molar refractivity (Wildman–Crippen MR) is 200 cm³/mol. The first-order valence-corrected chi connectivity index (χ1v) is 20.7. The van der Waals surface area contributed by atoms with E-state index >= 15 is 0 Å². The third kappa shape index (κ3) is 31.9.